The molecule has 0 atom stereocenters. The van der Waals surface area contributed by atoms with Gasteiger partial charge in [0.05, 0.1) is 32.0 Å². The van der Waals surface area contributed by atoms with Gasteiger partial charge in [-0.15, -0.1) is 0 Å². The van der Waals surface area contributed by atoms with Crippen LogP contribution in [0.5, 0.6) is 17.2 Å². The normalized spacial score (nSPS) is 10.1. The summed E-state index contributed by atoms with van der Waals surface area (Å²) in [5.41, 5.74) is 1.22. The second-order valence-corrected chi connectivity index (χ2v) is 5.87. The lowest BCUT2D eigenvalue weighted by molar-refractivity contribution is -0.136. The minimum Gasteiger partial charge on any atom is -0.496 e. The molecule has 2 aromatic rings. The molecule has 2 aromatic carbocycles. The molecule has 0 bridgehead atoms. The van der Waals surface area contributed by atoms with Crippen molar-refractivity contribution in [2.75, 3.05) is 33.2 Å². The highest BCUT2D eigenvalue weighted by molar-refractivity contribution is 6.40. The van der Waals surface area contributed by atoms with Gasteiger partial charge in [-0.25, -0.2) is 0 Å². The van der Waals surface area contributed by atoms with Crippen LogP contribution >= 0.6 is 11.6 Å². The first-order chi connectivity index (χ1) is 13.0. The zero-order valence-electron chi connectivity index (χ0n) is 15.3. The van der Waals surface area contributed by atoms with Crippen molar-refractivity contribution in [2.45, 2.75) is 6.42 Å². The highest BCUT2D eigenvalue weighted by Gasteiger charge is 2.17. The third-order valence-electron chi connectivity index (χ3n) is 3.80. The van der Waals surface area contributed by atoms with E-state index in [9.17, 15) is 9.59 Å². The summed E-state index contributed by atoms with van der Waals surface area (Å²) in [5, 5.41) is 5.40. The molecule has 144 valence electrons. The number of amides is 2. The van der Waals surface area contributed by atoms with E-state index in [2.05, 4.69) is 10.6 Å². The number of carbonyl (C=O) groups excluding carboxylic acids is 2. The zero-order valence-corrected chi connectivity index (χ0v) is 16.1. The Morgan fingerprint density at radius 1 is 0.926 bits per heavy atom. The molecule has 7 nitrogen and oxygen atoms in total. The number of rotatable bonds is 7. The maximum Gasteiger partial charge on any atom is 0.313 e. The Bertz CT molecular complexity index is 826. The van der Waals surface area contributed by atoms with Crippen LogP contribution < -0.4 is 24.8 Å². The Morgan fingerprint density at radius 2 is 1.59 bits per heavy atom. The summed E-state index contributed by atoms with van der Waals surface area (Å²) in [7, 11) is 4.46. The summed E-state index contributed by atoms with van der Waals surface area (Å²) in [5.74, 6) is -0.187. The zero-order chi connectivity index (χ0) is 19.8. The van der Waals surface area contributed by atoms with E-state index in [0.29, 0.717) is 22.9 Å². The van der Waals surface area contributed by atoms with Crippen molar-refractivity contribution in [2.24, 2.45) is 0 Å². The van der Waals surface area contributed by atoms with Crippen LogP contribution in [0, 0.1) is 0 Å². The van der Waals surface area contributed by atoms with Crippen molar-refractivity contribution in [3.8, 4) is 17.2 Å². The smallest absolute Gasteiger partial charge is 0.313 e. The van der Waals surface area contributed by atoms with Crippen LogP contribution in [0.2, 0.25) is 5.02 Å². The Hall–Kier alpha value is -2.93. The van der Waals surface area contributed by atoms with Crippen LogP contribution in [0.1, 0.15) is 5.56 Å². The molecule has 0 saturated heterocycles. The number of ether oxygens (including phenoxy) is 3. The van der Waals surface area contributed by atoms with Crippen molar-refractivity contribution in [3.63, 3.8) is 0 Å². The van der Waals surface area contributed by atoms with Gasteiger partial charge in [-0.3, -0.25) is 9.59 Å². The summed E-state index contributed by atoms with van der Waals surface area (Å²) < 4.78 is 15.5. The van der Waals surface area contributed by atoms with E-state index in [4.69, 9.17) is 25.8 Å². The second kappa shape index (κ2) is 9.68. The van der Waals surface area contributed by atoms with E-state index in [-0.39, 0.29) is 12.2 Å². The Morgan fingerprint density at radius 3 is 2.26 bits per heavy atom. The van der Waals surface area contributed by atoms with Gasteiger partial charge in [-0.1, -0.05) is 29.8 Å². The fourth-order valence-corrected chi connectivity index (χ4v) is 2.67. The standard InChI is InChI=1S/C19H21ClN2O5/c1-25-15-7-5-4-6-12(15)8-9-21-18(23)19(24)22-14-11-16(26-2)13(20)10-17(14)27-3/h4-7,10-11H,8-9H2,1-3H3,(H,21,23)(H,22,24). The van der Waals surface area contributed by atoms with Crippen LogP contribution in [0.15, 0.2) is 36.4 Å². The summed E-state index contributed by atoms with van der Waals surface area (Å²) in [6.45, 7) is 0.285. The van der Waals surface area contributed by atoms with E-state index in [1.165, 1.54) is 26.4 Å². The highest BCUT2D eigenvalue weighted by atomic mass is 35.5. The average molecular weight is 393 g/mol. The number of methoxy groups -OCH3 is 3. The van der Waals surface area contributed by atoms with E-state index in [0.717, 1.165) is 11.3 Å². The Balaban J connectivity index is 1.97. The van der Waals surface area contributed by atoms with Gasteiger partial charge in [-0.05, 0) is 18.1 Å². The number of nitrogens with one attached hydrogen (secondary N) is 2. The molecule has 0 aliphatic heterocycles. The molecule has 2 rings (SSSR count). The number of para-hydroxylation sites is 1. The fraction of sp³-hybridized carbons (Fsp3) is 0.263. The van der Waals surface area contributed by atoms with Crippen LogP contribution in [0.25, 0.3) is 0 Å². The molecule has 8 heteroatoms. The molecule has 27 heavy (non-hydrogen) atoms. The van der Waals surface area contributed by atoms with Gasteiger partial charge < -0.3 is 24.8 Å². The van der Waals surface area contributed by atoms with Gasteiger partial charge in [0.15, 0.2) is 0 Å². The van der Waals surface area contributed by atoms with E-state index >= 15 is 0 Å². The molecule has 0 aliphatic carbocycles. The van der Waals surface area contributed by atoms with Crippen molar-refractivity contribution in [1.82, 2.24) is 5.32 Å². The molecule has 2 N–H and O–H groups in total. The van der Waals surface area contributed by atoms with Crippen molar-refractivity contribution < 1.29 is 23.8 Å². The first-order valence-electron chi connectivity index (χ1n) is 8.12. The van der Waals surface area contributed by atoms with Gasteiger partial charge >= 0.3 is 11.8 Å². The Kier molecular flexibility index (Phi) is 7.31. The third kappa shape index (κ3) is 5.27. The topological polar surface area (TPSA) is 85.9 Å². The summed E-state index contributed by atoms with van der Waals surface area (Å²) in [6, 6.07) is 10.5. The first-order valence-corrected chi connectivity index (χ1v) is 8.50. The Labute approximate surface area is 162 Å². The summed E-state index contributed by atoms with van der Waals surface area (Å²) >= 11 is 6.02. The molecule has 2 amide bonds. The SMILES string of the molecule is COc1cc(NC(=O)C(=O)NCCc2ccccc2OC)c(OC)cc1Cl. The molecule has 0 aliphatic rings. The maximum absolute atomic E-state index is 12.2. The third-order valence-corrected chi connectivity index (χ3v) is 4.10. The lowest BCUT2D eigenvalue weighted by Crippen LogP contribution is -2.36. The van der Waals surface area contributed by atoms with Gasteiger partial charge in [0.1, 0.15) is 17.2 Å². The molecule has 0 unspecified atom stereocenters. The van der Waals surface area contributed by atoms with Gasteiger partial charge in [0.25, 0.3) is 0 Å². The van der Waals surface area contributed by atoms with Crippen LogP contribution in [-0.2, 0) is 16.0 Å². The summed E-state index contributed by atoms with van der Waals surface area (Å²) in [6.07, 6.45) is 0.529. The van der Waals surface area contributed by atoms with Crippen molar-refractivity contribution in [1.29, 1.82) is 0 Å². The minimum atomic E-state index is -0.822. The number of hydrogen-bond acceptors (Lipinski definition) is 5. The van der Waals surface area contributed by atoms with Gasteiger partial charge in [-0.2, -0.15) is 0 Å². The monoisotopic (exact) mass is 392 g/mol. The number of anilines is 1. The fourth-order valence-electron chi connectivity index (χ4n) is 2.44. The molecule has 0 fully saturated rings. The molecule has 0 radical (unpaired) electrons. The van der Waals surface area contributed by atoms with Crippen LogP contribution in [-0.4, -0.2) is 39.7 Å². The quantitative estimate of drug-likeness (QED) is 0.707. The number of hydrogen-bond donors (Lipinski definition) is 2. The molecular formula is C19H21ClN2O5. The molecule has 0 spiro atoms. The van der Waals surface area contributed by atoms with E-state index in [1.54, 1.807) is 7.11 Å². The molecule has 0 saturated carbocycles. The predicted molar refractivity (Wildman–Crippen MR) is 103 cm³/mol. The minimum absolute atomic E-state index is 0.281. The summed E-state index contributed by atoms with van der Waals surface area (Å²) in [4.78, 5) is 24.2. The van der Waals surface area contributed by atoms with E-state index in [1.807, 2.05) is 24.3 Å². The predicted octanol–water partition coefficient (Wildman–Crippen LogP) is 2.66. The first kappa shape index (κ1) is 20.4. The number of carbonyl (C=O) groups is 2. The second-order valence-electron chi connectivity index (χ2n) is 5.46. The molecule has 0 heterocycles. The van der Waals surface area contributed by atoms with Crippen molar-refractivity contribution in [3.05, 3.63) is 47.0 Å². The lowest BCUT2D eigenvalue weighted by atomic mass is 10.1. The lowest BCUT2D eigenvalue weighted by Gasteiger charge is -2.13. The average Bonchev–Trinajstić information content (AvgIpc) is 2.69. The van der Waals surface area contributed by atoms with E-state index < -0.39 is 11.8 Å². The van der Waals surface area contributed by atoms with Gasteiger partial charge in [0.2, 0.25) is 0 Å². The maximum atomic E-state index is 12.2. The van der Waals surface area contributed by atoms with Crippen molar-refractivity contribution >= 4 is 29.1 Å². The number of benzene rings is 2. The molecule has 0 aromatic heterocycles. The molecular weight excluding hydrogens is 372 g/mol. The largest absolute Gasteiger partial charge is 0.496 e. The number of halogens is 1. The van der Waals surface area contributed by atoms with Crippen LogP contribution in [0.3, 0.4) is 0 Å². The van der Waals surface area contributed by atoms with Gasteiger partial charge in [0, 0.05) is 18.7 Å². The highest BCUT2D eigenvalue weighted by Crippen LogP contribution is 2.35. The van der Waals surface area contributed by atoms with Crippen LogP contribution in [0.4, 0.5) is 5.69 Å².